The molecule has 0 aromatic carbocycles. The first-order valence-corrected chi connectivity index (χ1v) is 8.57. The van der Waals surface area contributed by atoms with Gasteiger partial charge in [0.1, 0.15) is 0 Å². The summed E-state index contributed by atoms with van der Waals surface area (Å²) in [4.78, 5) is 2.43. The second-order valence-electron chi connectivity index (χ2n) is 5.01. The fourth-order valence-electron chi connectivity index (χ4n) is 2.67. The van der Waals surface area contributed by atoms with Crippen LogP contribution in [0.3, 0.4) is 0 Å². The third-order valence-corrected chi connectivity index (χ3v) is 4.48. The minimum absolute atomic E-state index is 0.551. The Morgan fingerprint density at radius 1 is 1.20 bits per heavy atom. The van der Waals surface area contributed by atoms with Crippen molar-refractivity contribution in [3.63, 3.8) is 0 Å². The van der Waals surface area contributed by atoms with Crippen LogP contribution < -0.4 is 0 Å². The van der Waals surface area contributed by atoms with Gasteiger partial charge in [-0.3, -0.25) is 9.58 Å². The number of halogens is 2. The van der Waals surface area contributed by atoms with Crippen LogP contribution in [-0.4, -0.2) is 33.1 Å². The van der Waals surface area contributed by atoms with Crippen LogP contribution >= 0.6 is 23.2 Å². The lowest BCUT2D eigenvalue weighted by atomic mass is 10.1. The van der Waals surface area contributed by atoms with Crippen molar-refractivity contribution in [1.82, 2.24) is 14.7 Å². The van der Waals surface area contributed by atoms with Crippen LogP contribution in [0.5, 0.6) is 0 Å². The molecule has 0 N–H and O–H groups in total. The van der Waals surface area contributed by atoms with E-state index in [4.69, 9.17) is 23.2 Å². The Balaban J connectivity index is 3.00. The number of rotatable bonds is 9. The van der Waals surface area contributed by atoms with Crippen molar-refractivity contribution in [1.29, 1.82) is 0 Å². The van der Waals surface area contributed by atoms with Gasteiger partial charge in [-0.2, -0.15) is 5.10 Å². The van der Waals surface area contributed by atoms with Gasteiger partial charge < -0.3 is 0 Å². The maximum absolute atomic E-state index is 6.50. The molecule has 5 heteroatoms. The molecule has 0 aliphatic heterocycles. The molecule has 116 valence electrons. The molecule has 1 aromatic rings. The van der Waals surface area contributed by atoms with Crippen LogP contribution in [0.2, 0.25) is 5.02 Å². The highest BCUT2D eigenvalue weighted by Gasteiger charge is 2.20. The Morgan fingerprint density at radius 2 is 1.85 bits per heavy atom. The third kappa shape index (κ3) is 4.12. The minimum atomic E-state index is 0.551. The maximum Gasteiger partial charge on any atom is 0.0863 e. The molecule has 1 aromatic heterocycles. The molecule has 0 fully saturated rings. The molecule has 1 rings (SSSR count). The first-order valence-electron chi connectivity index (χ1n) is 7.66. The van der Waals surface area contributed by atoms with E-state index in [0.717, 1.165) is 55.3 Å². The van der Waals surface area contributed by atoms with Crippen molar-refractivity contribution in [3.8, 4) is 0 Å². The van der Waals surface area contributed by atoms with Gasteiger partial charge in [-0.1, -0.05) is 32.4 Å². The van der Waals surface area contributed by atoms with Gasteiger partial charge in [-0.05, 0) is 26.2 Å². The Bertz CT molecular complexity index is 400. The van der Waals surface area contributed by atoms with Crippen LogP contribution in [0, 0.1) is 0 Å². The molecule has 0 aliphatic rings. The first kappa shape index (κ1) is 17.8. The fraction of sp³-hybridized carbons (Fsp3) is 0.800. The lowest BCUT2D eigenvalue weighted by Gasteiger charge is -2.30. The van der Waals surface area contributed by atoms with Crippen molar-refractivity contribution < 1.29 is 0 Å². The summed E-state index contributed by atoms with van der Waals surface area (Å²) in [7, 11) is 0. The van der Waals surface area contributed by atoms with Gasteiger partial charge in [0.05, 0.1) is 16.4 Å². The molecule has 0 atom stereocenters. The van der Waals surface area contributed by atoms with Crippen LogP contribution in [0.25, 0.3) is 0 Å². The Labute approximate surface area is 133 Å². The summed E-state index contributed by atoms with van der Waals surface area (Å²) in [6, 6.07) is 0.551. The number of hydrogen-bond acceptors (Lipinski definition) is 2. The summed E-state index contributed by atoms with van der Waals surface area (Å²) >= 11 is 12.5. The van der Waals surface area contributed by atoms with Gasteiger partial charge in [0.2, 0.25) is 0 Å². The van der Waals surface area contributed by atoms with E-state index >= 15 is 0 Å². The third-order valence-electron chi connectivity index (χ3n) is 3.88. The molecule has 20 heavy (non-hydrogen) atoms. The Morgan fingerprint density at radius 3 is 2.30 bits per heavy atom. The largest absolute Gasteiger partial charge is 0.293 e. The predicted molar refractivity (Wildman–Crippen MR) is 87.8 cm³/mol. The fourth-order valence-corrected chi connectivity index (χ4v) is 3.21. The van der Waals surface area contributed by atoms with Crippen LogP contribution in [-0.2, 0) is 19.5 Å². The lowest BCUT2D eigenvalue weighted by Crippen LogP contribution is -2.36. The molecule has 0 amide bonds. The van der Waals surface area contributed by atoms with E-state index in [1.54, 1.807) is 0 Å². The van der Waals surface area contributed by atoms with Crippen LogP contribution in [0.4, 0.5) is 0 Å². The molecule has 0 aliphatic carbocycles. The van der Waals surface area contributed by atoms with Crippen molar-refractivity contribution in [3.05, 3.63) is 16.4 Å². The Hall–Kier alpha value is -0.250. The van der Waals surface area contributed by atoms with Crippen LogP contribution in [0.15, 0.2) is 0 Å². The number of aromatic nitrogens is 2. The maximum atomic E-state index is 6.50. The summed E-state index contributed by atoms with van der Waals surface area (Å²) in [5, 5.41) is 5.43. The van der Waals surface area contributed by atoms with E-state index < -0.39 is 0 Å². The lowest BCUT2D eigenvalue weighted by molar-refractivity contribution is 0.183. The van der Waals surface area contributed by atoms with Gasteiger partial charge in [-0.15, -0.1) is 11.6 Å². The molecular formula is C15H27Cl2N3. The highest BCUT2D eigenvalue weighted by atomic mass is 35.5. The van der Waals surface area contributed by atoms with E-state index in [0.29, 0.717) is 11.9 Å². The molecular weight excluding hydrogens is 293 g/mol. The standard InChI is InChI=1S/C15H27Cl2N3/c1-5-12(6-2)19(10-9-16)11-14-15(17)13(7-3)18-20(14)8-4/h12H,5-11H2,1-4H3. The van der Waals surface area contributed by atoms with E-state index in [2.05, 4.69) is 37.7 Å². The van der Waals surface area contributed by atoms with Crippen molar-refractivity contribution >= 4 is 23.2 Å². The predicted octanol–water partition coefficient (Wildman–Crippen LogP) is 4.35. The van der Waals surface area contributed by atoms with Gasteiger partial charge >= 0.3 is 0 Å². The summed E-state index contributed by atoms with van der Waals surface area (Å²) < 4.78 is 2.03. The van der Waals surface area contributed by atoms with Gasteiger partial charge in [0.25, 0.3) is 0 Å². The van der Waals surface area contributed by atoms with Crippen molar-refractivity contribution in [2.24, 2.45) is 0 Å². The average molecular weight is 320 g/mol. The summed E-state index contributed by atoms with van der Waals surface area (Å²) in [6.07, 6.45) is 3.14. The molecule has 3 nitrogen and oxygen atoms in total. The van der Waals surface area contributed by atoms with E-state index in [-0.39, 0.29) is 0 Å². The number of nitrogens with zero attached hydrogens (tertiary/aromatic N) is 3. The molecule has 0 bridgehead atoms. The highest BCUT2D eigenvalue weighted by Crippen LogP contribution is 2.24. The summed E-state index contributed by atoms with van der Waals surface area (Å²) in [5.74, 6) is 0.648. The minimum Gasteiger partial charge on any atom is -0.293 e. The quantitative estimate of drug-likeness (QED) is 0.631. The van der Waals surface area contributed by atoms with Gasteiger partial charge in [-0.25, -0.2) is 0 Å². The van der Waals surface area contributed by atoms with E-state index in [1.165, 1.54) is 0 Å². The number of aryl methyl sites for hydroxylation is 2. The molecule has 0 unspecified atom stereocenters. The summed E-state index contributed by atoms with van der Waals surface area (Å²) in [5.41, 5.74) is 2.13. The SMILES string of the molecule is CCc1nn(CC)c(CN(CCCl)C(CC)CC)c1Cl. The molecule has 0 saturated heterocycles. The van der Waals surface area contributed by atoms with Crippen molar-refractivity contribution in [2.75, 3.05) is 12.4 Å². The zero-order valence-corrected chi connectivity index (χ0v) is 14.6. The molecule has 0 spiro atoms. The number of hydrogen-bond donors (Lipinski definition) is 0. The zero-order chi connectivity index (χ0) is 15.1. The highest BCUT2D eigenvalue weighted by molar-refractivity contribution is 6.31. The van der Waals surface area contributed by atoms with Crippen LogP contribution in [0.1, 0.15) is 51.9 Å². The molecule has 0 radical (unpaired) electrons. The second-order valence-corrected chi connectivity index (χ2v) is 5.76. The molecule has 1 heterocycles. The average Bonchev–Trinajstić information content (AvgIpc) is 2.76. The zero-order valence-electron chi connectivity index (χ0n) is 13.1. The molecule has 0 saturated carbocycles. The number of alkyl halides is 1. The first-order chi connectivity index (χ1) is 9.62. The van der Waals surface area contributed by atoms with Gasteiger partial charge in [0.15, 0.2) is 0 Å². The Kier molecular flexibility index (Phi) is 7.93. The van der Waals surface area contributed by atoms with E-state index in [9.17, 15) is 0 Å². The van der Waals surface area contributed by atoms with E-state index in [1.807, 2.05) is 4.68 Å². The topological polar surface area (TPSA) is 21.1 Å². The van der Waals surface area contributed by atoms with Crippen molar-refractivity contribution in [2.45, 2.75) is 66.1 Å². The summed E-state index contributed by atoms with van der Waals surface area (Å²) in [6.45, 7) is 11.2. The van der Waals surface area contributed by atoms with Gasteiger partial charge in [0, 0.05) is 31.6 Å². The smallest absolute Gasteiger partial charge is 0.0863 e. The second kappa shape index (κ2) is 8.91. The normalized spacial score (nSPS) is 11.8. The monoisotopic (exact) mass is 319 g/mol.